The average molecular weight is 451 g/mol. The van der Waals surface area contributed by atoms with Crippen molar-refractivity contribution in [3.8, 4) is 0 Å². The molecule has 3 aromatic rings. The van der Waals surface area contributed by atoms with E-state index in [1.54, 1.807) is 36.4 Å². The van der Waals surface area contributed by atoms with Crippen molar-refractivity contribution in [2.24, 2.45) is 0 Å². The van der Waals surface area contributed by atoms with E-state index < -0.39 is 30.4 Å². The lowest BCUT2D eigenvalue weighted by Crippen LogP contribution is -2.35. The number of nitrogens with zero attached hydrogens (tertiary/aromatic N) is 1. The number of esters is 1. The van der Waals surface area contributed by atoms with Crippen LogP contribution in [0.4, 0.5) is 0 Å². The Morgan fingerprint density at radius 3 is 2.25 bits per heavy atom. The van der Waals surface area contributed by atoms with Gasteiger partial charge in [-0.15, -0.1) is 0 Å². The topological polar surface area (TPSA) is 106 Å². The lowest BCUT2D eigenvalue weighted by atomic mass is 10.1. The molecule has 1 aliphatic rings. The molecule has 3 amide bonds. The zero-order valence-corrected chi connectivity index (χ0v) is 17.2. The van der Waals surface area contributed by atoms with Gasteiger partial charge in [0.05, 0.1) is 28.0 Å². The minimum absolute atomic E-state index is 0.146. The number of carbonyl (C=O) groups excluding carboxylic acids is 4. The molecule has 0 unspecified atom stereocenters. The Labute approximate surface area is 187 Å². The number of carbonyl (C=O) groups is 4. The second-order valence-corrected chi connectivity index (χ2v) is 7.06. The van der Waals surface area contributed by atoms with Gasteiger partial charge in [-0.05, 0) is 36.4 Å². The first-order valence-electron chi connectivity index (χ1n) is 9.39. The molecular weight excluding hydrogens is 436 g/mol. The maximum Gasteiger partial charge on any atom is 0.356 e. The molecular formula is C23H15ClN2O6. The van der Waals surface area contributed by atoms with Crippen LogP contribution in [-0.4, -0.2) is 35.3 Å². The van der Waals surface area contributed by atoms with E-state index in [0.29, 0.717) is 0 Å². The van der Waals surface area contributed by atoms with Crippen LogP contribution in [0.2, 0.25) is 5.02 Å². The molecule has 2 aromatic carbocycles. The Kier molecular flexibility index (Phi) is 5.87. The third kappa shape index (κ3) is 4.17. The highest BCUT2D eigenvalue weighted by Crippen LogP contribution is 2.22. The Hall–Kier alpha value is -4.17. The monoisotopic (exact) mass is 450 g/mol. The first-order chi connectivity index (χ1) is 15.5. The van der Waals surface area contributed by atoms with Gasteiger partial charge in [-0.3, -0.25) is 14.4 Å². The Morgan fingerprint density at radius 2 is 1.62 bits per heavy atom. The number of hydrogen-bond acceptors (Lipinski definition) is 6. The number of ether oxygens (including phenoxy) is 1. The lowest BCUT2D eigenvalue weighted by molar-refractivity contribution is -0.141. The van der Waals surface area contributed by atoms with Gasteiger partial charge in [-0.2, -0.15) is 0 Å². The SMILES string of the molecule is O=C(OCN1C(=O)c2ccccc2C1=O)/C(=C/c1ccco1)NC(=O)c1ccccc1Cl. The molecule has 0 radical (unpaired) electrons. The summed E-state index contributed by atoms with van der Waals surface area (Å²) < 4.78 is 10.4. The van der Waals surface area contributed by atoms with Crippen LogP contribution in [0.3, 0.4) is 0 Å². The fourth-order valence-corrected chi connectivity index (χ4v) is 3.28. The number of benzene rings is 2. The van der Waals surface area contributed by atoms with Crippen LogP contribution in [0.25, 0.3) is 6.08 Å². The van der Waals surface area contributed by atoms with Gasteiger partial charge in [0.2, 0.25) is 0 Å². The third-order valence-corrected chi connectivity index (χ3v) is 4.95. The summed E-state index contributed by atoms with van der Waals surface area (Å²) in [6.45, 7) is -0.622. The van der Waals surface area contributed by atoms with Crippen LogP contribution >= 0.6 is 11.6 Å². The van der Waals surface area contributed by atoms with Crippen molar-refractivity contribution < 1.29 is 28.3 Å². The molecule has 0 saturated carbocycles. The summed E-state index contributed by atoms with van der Waals surface area (Å²) in [4.78, 5) is 51.1. The second kappa shape index (κ2) is 8.91. The molecule has 8 nitrogen and oxygen atoms in total. The van der Waals surface area contributed by atoms with E-state index in [1.165, 1.54) is 36.6 Å². The number of imide groups is 1. The average Bonchev–Trinajstić information content (AvgIpc) is 3.39. The van der Waals surface area contributed by atoms with Gasteiger partial charge in [0.15, 0.2) is 6.73 Å². The predicted molar refractivity (Wildman–Crippen MR) is 114 cm³/mol. The molecule has 32 heavy (non-hydrogen) atoms. The predicted octanol–water partition coefficient (Wildman–Crippen LogP) is 3.50. The first kappa shape index (κ1) is 21.1. The van der Waals surface area contributed by atoms with E-state index in [9.17, 15) is 19.2 Å². The van der Waals surface area contributed by atoms with E-state index in [1.807, 2.05) is 0 Å². The minimum Gasteiger partial charge on any atom is -0.465 e. The normalized spacial score (nSPS) is 13.2. The highest BCUT2D eigenvalue weighted by atomic mass is 35.5. The molecule has 0 saturated heterocycles. The Morgan fingerprint density at radius 1 is 0.969 bits per heavy atom. The highest BCUT2D eigenvalue weighted by Gasteiger charge is 2.36. The number of amides is 3. The second-order valence-electron chi connectivity index (χ2n) is 6.65. The Bertz CT molecular complexity index is 1210. The third-order valence-electron chi connectivity index (χ3n) is 4.62. The maximum absolute atomic E-state index is 12.7. The summed E-state index contributed by atoms with van der Waals surface area (Å²) in [7, 11) is 0. The van der Waals surface area contributed by atoms with E-state index >= 15 is 0 Å². The van der Waals surface area contributed by atoms with Gasteiger partial charge in [-0.1, -0.05) is 35.9 Å². The van der Waals surface area contributed by atoms with Crippen molar-refractivity contribution in [1.82, 2.24) is 10.2 Å². The molecule has 0 aliphatic carbocycles. The molecule has 9 heteroatoms. The first-order valence-corrected chi connectivity index (χ1v) is 9.77. The molecule has 4 rings (SSSR count). The fourth-order valence-electron chi connectivity index (χ4n) is 3.05. The van der Waals surface area contributed by atoms with Crippen molar-refractivity contribution in [3.05, 3.63) is 100 Å². The highest BCUT2D eigenvalue weighted by molar-refractivity contribution is 6.34. The van der Waals surface area contributed by atoms with E-state index in [2.05, 4.69) is 5.32 Å². The minimum atomic E-state index is -0.974. The van der Waals surface area contributed by atoms with Crippen LogP contribution in [-0.2, 0) is 9.53 Å². The van der Waals surface area contributed by atoms with Gasteiger partial charge < -0.3 is 14.5 Å². The van der Waals surface area contributed by atoms with Gasteiger partial charge in [-0.25, -0.2) is 9.69 Å². The fraction of sp³-hybridized carbons (Fsp3) is 0.0435. The summed E-state index contributed by atoms with van der Waals surface area (Å²) in [5.41, 5.74) is 0.341. The number of hydrogen-bond donors (Lipinski definition) is 1. The molecule has 0 spiro atoms. The lowest BCUT2D eigenvalue weighted by Gasteiger charge is -2.15. The van der Waals surface area contributed by atoms with Gasteiger partial charge in [0.25, 0.3) is 17.7 Å². The van der Waals surface area contributed by atoms with Gasteiger partial charge in [0, 0.05) is 6.08 Å². The molecule has 0 bridgehead atoms. The smallest absolute Gasteiger partial charge is 0.356 e. The Balaban J connectivity index is 1.51. The molecule has 1 aromatic heterocycles. The molecule has 1 aliphatic heterocycles. The summed E-state index contributed by atoms with van der Waals surface area (Å²) in [5, 5.41) is 2.64. The standard InChI is InChI=1S/C23H15ClN2O6/c24-18-10-4-3-9-17(18)20(27)25-19(12-14-6-5-11-31-14)23(30)32-13-26-21(28)15-7-1-2-8-16(15)22(26)29/h1-12H,13H2,(H,25,27)/b19-12-. The summed E-state index contributed by atoms with van der Waals surface area (Å²) in [6, 6.07) is 15.8. The molecule has 2 heterocycles. The van der Waals surface area contributed by atoms with Crippen molar-refractivity contribution in [2.75, 3.05) is 6.73 Å². The number of nitrogens with one attached hydrogen (secondary N) is 1. The van der Waals surface area contributed by atoms with E-state index in [-0.39, 0.29) is 33.2 Å². The molecule has 160 valence electrons. The van der Waals surface area contributed by atoms with Crippen LogP contribution in [0.15, 0.2) is 77.0 Å². The van der Waals surface area contributed by atoms with Crippen LogP contribution in [0.5, 0.6) is 0 Å². The molecule has 1 N–H and O–H groups in total. The van der Waals surface area contributed by atoms with Crippen molar-refractivity contribution in [3.63, 3.8) is 0 Å². The van der Waals surface area contributed by atoms with Crippen LogP contribution < -0.4 is 5.32 Å². The van der Waals surface area contributed by atoms with Crippen LogP contribution in [0, 0.1) is 0 Å². The van der Waals surface area contributed by atoms with E-state index in [0.717, 1.165) is 4.90 Å². The van der Waals surface area contributed by atoms with Crippen molar-refractivity contribution in [2.45, 2.75) is 0 Å². The largest absolute Gasteiger partial charge is 0.465 e. The number of furan rings is 1. The van der Waals surface area contributed by atoms with E-state index in [4.69, 9.17) is 20.8 Å². The molecule has 0 atom stereocenters. The zero-order chi connectivity index (χ0) is 22.7. The van der Waals surface area contributed by atoms with Crippen LogP contribution in [0.1, 0.15) is 36.8 Å². The van der Waals surface area contributed by atoms with Crippen molar-refractivity contribution in [1.29, 1.82) is 0 Å². The number of fused-ring (bicyclic) bond motifs is 1. The zero-order valence-electron chi connectivity index (χ0n) is 16.4. The summed E-state index contributed by atoms with van der Waals surface area (Å²) in [6.07, 6.45) is 2.66. The summed E-state index contributed by atoms with van der Waals surface area (Å²) >= 11 is 6.05. The number of rotatable bonds is 6. The summed E-state index contributed by atoms with van der Waals surface area (Å²) in [5.74, 6) is -2.49. The maximum atomic E-state index is 12.7. The molecule has 0 fully saturated rings. The van der Waals surface area contributed by atoms with Crippen molar-refractivity contribution >= 4 is 41.4 Å². The van der Waals surface area contributed by atoms with Gasteiger partial charge >= 0.3 is 5.97 Å². The number of halogens is 1. The van der Waals surface area contributed by atoms with Gasteiger partial charge in [0.1, 0.15) is 11.5 Å². The quantitative estimate of drug-likeness (QED) is 0.350.